The fourth-order valence-corrected chi connectivity index (χ4v) is 2.52. The maximum Gasteiger partial charge on any atom is 0.261 e. The van der Waals surface area contributed by atoms with Crippen LogP contribution in [-0.2, 0) is 0 Å². The van der Waals surface area contributed by atoms with E-state index in [-0.39, 0.29) is 11.7 Å². The van der Waals surface area contributed by atoms with Crippen molar-refractivity contribution in [3.63, 3.8) is 0 Å². The van der Waals surface area contributed by atoms with Gasteiger partial charge in [-0.2, -0.15) is 5.10 Å². The number of hydrogen-bond acceptors (Lipinski definition) is 3. The molecule has 1 aromatic carbocycles. The number of benzene rings is 1. The van der Waals surface area contributed by atoms with Crippen LogP contribution in [0.1, 0.15) is 16.1 Å². The Labute approximate surface area is 122 Å². The smallest absolute Gasteiger partial charge is 0.261 e. The van der Waals surface area contributed by atoms with E-state index >= 15 is 0 Å². The molecular formula is C11H10ClIN4O. The number of halogens is 2. The van der Waals surface area contributed by atoms with Crippen molar-refractivity contribution in [3.8, 4) is 0 Å². The number of hydrogen-bond donors (Lipinski definition) is 3. The Kier molecular flexibility index (Phi) is 3.76. The number of aromatic amines is 1. The normalized spacial score (nSPS) is 10.4. The molecule has 1 amide bonds. The van der Waals surface area contributed by atoms with Crippen LogP contribution in [0, 0.1) is 10.5 Å². The van der Waals surface area contributed by atoms with E-state index in [1.165, 1.54) is 0 Å². The van der Waals surface area contributed by atoms with Crippen molar-refractivity contribution in [1.82, 2.24) is 10.2 Å². The second kappa shape index (κ2) is 5.15. The number of amides is 1. The van der Waals surface area contributed by atoms with Gasteiger partial charge in [0.25, 0.3) is 5.91 Å². The summed E-state index contributed by atoms with van der Waals surface area (Å²) in [5.41, 5.74) is 7.31. The third-order valence-corrected chi connectivity index (χ3v) is 3.51. The first-order valence-electron chi connectivity index (χ1n) is 5.06. The predicted molar refractivity (Wildman–Crippen MR) is 79.9 cm³/mol. The van der Waals surface area contributed by atoms with Crippen LogP contribution in [0.5, 0.6) is 0 Å². The summed E-state index contributed by atoms with van der Waals surface area (Å²) in [6, 6.07) is 5.22. The van der Waals surface area contributed by atoms with Crippen molar-refractivity contribution in [2.75, 3.05) is 11.1 Å². The lowest BCUT2D eigenvalue weighted by Gasteiger charge is -2.07. The first-order chi connectivity index (χ1) is 8.49. The van der Waals surface area contributed by atoms with Gasteiger partial charge in [-0.1, -0.05) is 11.6 Å². The van der Waals surface area contributed by atoms with E-state index in [2.05, 4.69) is 38.1 Å². The molecule has 94 valence electrons. The Bertz CT molecular complexity index is 592. The maximum absolute atomic E-state index is 12.1. The summed E-state index contributed by atoms with van der Waals surface area (Å²) in [6.45, 7) is 1.74. The van der Waals surface area contributed by atoms with Gasteiger partial charge in [0.1, 0.15) is 5.56 Å². The fourth-order valence-electron chi connectivity index (χ4n) is 1.51. The highest BCUT2D eigenvalue weighted by atomic mass is 127. The van der Waals surface area contributed by atoms with Crippen molar-refractivity contribution < 1.29 is 4.79 Å². The van der Waals surface area contributed by atoms with Crippen LogP contribution in [0.3, 0.4) is 0 Å². The Hall–Kier alpha value is -1.28. The SMILES string of the molecule is Cc1[nH]nc(N)c1C(=O)Nc1ccc(Cl)cc1I. The molecule has 0 fully saturated rings. The van der Waals surface area contributed by atoms with Gasteiger partial charge in [-0.25, -0.2) is 0 Å². The predicted octanol–water partition coefficient (Wildman–Crippen LogP) is 2.81. The van der Waals surface area contributed by atoms with Crippen LogP contribution in [0.15, 0.2) is 18.2 Å². The molecule has 4 N–H and O–H groups in total. The van der Waals surface area contributed by atoms with Crippen molar-refractivity contribution in [3.05, 3.63) is 38.0 Å². The Morgan fingerprint density at radius 1 is 1.56 bits per heavy atom. The second-order valence-electron chi connectivity index (χ2n) is 3.69. The number of carbonyl (C=O) groups excluding carboxylic acids is 1. The average Bonchev–Trinajstić information content (AvgIpc) is 2.62. The quantitative estimate of drug-likeness (QED) is 0.705. The van der Waals surface area contributed by atoms with Crippen LogP contribution in [-0.4, -0.2) is 16.1 Å². The summed E-state index contributed by atoms with van der Waals surface area (Å²) < 4.78 is 0.855. The minimum absolute atomic E-state index is 0.189. The van der Waals surface area contributed by atoms with Gasteiger partial charge in [0, 0.05) is 14.3 Å². The molecule has 0 unspecified atom stereocenters. The van der Waals surface area contributed by atoms with E-state index in [1.54, 1.807) is 25.1 Å². The minimum atomic E-state index is -0.293. The molecule has 18 heavy (non-hydrogen) atoms. The van der Waals surface area contributed by atoms with Crippen LogP contribution in [0.25, 0.3) is 0 Å². The zero-order valence-electron chi connectivity index (χ0n) is 9.42. The maximum atomic E-state index is 12.1. The van der Waals surface area contributed by atoms with Crippen LogP contribution >= 0.6 is 34.2 Å². The average molecular weight is 377 g/mol. The van der Waals surface area contributed by atoms with E-state index in [1.807, 2.05) is 0 Å². The minimum Gasteiger partial charge on any atom is -0.382 e. The number of rotatable bonds is 2. The first kappa shape index (κ1) is 13.2. The Balaban J connectivity index is 2.27. The standard InChI is InChI=1S/C11H10ClIN4O/c1-5-9(10(14)17-16-5)11(18)15-8-3-2-6(12)4-7(8)13/h2-4H,1H3,(H,15,18)(H3,14,16,17). The van der Waals surface area contributed by atoms with Gasteiger partial charge >= 0.3 is 0 Å². The van der Waals surface area contributed by atoms with Crippen LogP contribution in [0.2, 0.25) is 5.02 Å². The van der Waals surface area contributed by atoms with Crippen molar-refractivity contribution in [2.45, 2.75) is 6.92 Å². The third-order valence-electron chi connectivity index (χ3n) is 2.38. The molecule has 0 radical (unpaired) electrons. The highest BCUT2D eigenvalue weighted by molar-refractivity contribution is 14.1. The number of H-pyrrole nitrogens is 1. The summed E-state index contributed by atoms with van der Waals surface area (Å²) >= 11 is 7.95. The van der Waals surface area contributed by atoms with E-state index in [4.69, 9.17) is 17.3 Å². The molecule has 0 saturated heterocycles. The molecule has 0 aliphatic carbocycles. The number of carbonyl (C=O) groups is 1. The number of nitrogens with one attached hydrogen (secondary N) is 2. The van der Waals surface area contributed by atoms with E-state index in [0.29, 0.717) is 22.0 Å². The number of nitrogen functional groups attached to an aromatic ring is 1. The highest BCUT2D eigenvalue weighted by Crippen LogP contribution is 2.23. The summed E-state index contributed by atoms with van der Waals surface area (Å²) in [7, 11) is 0. The molecule has 0 aliphatic rings. The van der Waals surface area contributed by atoms with Gasteiger partial charge in [0.05, 0.1) is 5.69 Å². The molecule has 0 saturated carbocycles. The van der Waals surface area contributed by atoms with Gasteiger partial charge in [-0.05, 0) is 47.7 Å². The highest BCUT2D eigenvalue weighted by Gasteiger charge is 2.16. The number of nitrogens with zero attached hydrogens (tertiary/aromatic N) is 1. The van der Waals surface area contributed by atoms with Crippen molar-refractivity contribution >= 4 is 51.6 Å². The topological polar surface area (TPSA) is 83.8 Å². The summed E-state index contributed by atoms with van der Waals surface area (Å²) in [5, 5.41) is 9.85. The molecule has 1 aromatic heterocycles. The monoisotopic (exact) mass is 376 g/mol. The number of anilines is 2. The number of aryl methyl sites for hydroxylation is 1. The summed E-state index contributed by atoms with van der Waals surface area (Å²) in [5.74, 6) is -0.104. The summed E-state index contributed by atoms with van der Waals surface area (Å²) in [6.07, 6.45) is 0. The van der Waals surface area contributed by atoms with Crippen LogP contribution in [0.4, 0.5) is 11.5 Å². The molecule has 7 heteroatoms. The van der Waals surface area contributed by atoms with E-state index < -0.39 is 0 Å². The van der Waals surface area contributed by atoms with Gasteiger partial charge in [-0.3, -0.25) is 9.89 Å². The number of nitrogens with two attached hydrogens (primary N) is 1. The van der Waals surface area contributed by atoms with Crippen LogP contribution < -0.4 is 11.1 Å². The van der Waals surface area contributed by atoms with Crippen molar-refractivity contribution in [2.24, 2.45) is 0 Å². The Morgan fingerprint density at radius 2 is 2.28 bits per heavy atom. The zero-order chi connectivity index (χ0) is 13.3. The van der Waals surface area contributed by atoms with Crippen molar-refractivity contribution in [1.29, 1.82) is 0 Å². The first-order valence-corrected chi connectivity index (χ1v) is 6.51. The molecule has 2 aromatic rings. The molecule has 2 rings (SSSR count). The molecule has 0 spiro atoms. The Morgan fingerprint density at radius 3 is 2.83 bits per heavy atom. The lowest BCUT2D eigenvalue weighted by molar-refractivity contribution is 0.102. The van der Waals surface area contributed by atoms with Gasteiger partial charge in [0.15, 0.2) is 5.82 Å². The van der Waals surface area contributed by atoms with Gasteiger partial charge in [-0.15, -0.1) is 0 Å². The van der Waals surface area contributed by atoms with Gasteiger partial charge < -0.3 is 11.1 Å². The second-order valence-corrected chi connectivity index (χ2v) is 5.29. The molecule has 5 nitrogen and oxygen atoms in total. The molecule has 0 atom stereocenters. The molecule has 1 heterocycles. The van der Waals surface area contributed by atoms with Gasteiger partial charge in [0.2, 0.25) is 0 Å². The van der Waals surface area contributed by atoms with E-state index in [0.717, 1.165) is 3.57 Å². The third kappa shape index (κ3) is 2.59. The fraction of sp³-hybridized carbons (Fsp3) is 0.0909. The largest absolute Gasteiger partial charge is 0.382 e. The zero-order valence-corrected chi connectivity index (χ0v) is 12.3. The lowest BCUT2D eigenvalue weighted by Crippen LogP contribution is -2.15. The number of aromatic nitrogens is 2. The molecule has 0 bridgehead atoms. The van der Waals surface area contributed by atoms with E-state index in [9.17, 15) is 4.79 Å². The molecular weight excluding hydrogens is 367 g/mol. The lowest BCUT2D eigenvalue weighted by atomic mass is 10.2. The summed E-state index contributed by atoms with van der Waals surface area (Å²) in [4.78, 5) is 12.1. The molecule has 0 aliphatic heterocycles.